The van der Waals surface area contributed by atoms with Crippen molar-refractivity contribution < 1.29 is 19.0 Å². The van der Waals surface area contributed by atoms with Gasteiger partial charge in [0.25, 0.3) is 0 Å². The van der Waals surface area contributed by atoms with Gasteiger partial charge in [-0.2, -0.15) is 0 Å². The topological polar surface area (TPSA) is 70.8 Å². The quantitative estimate of drug-likeness (QED) is 0.555. The first-order valence-electron chi connectivity index (χ1n) is 5.82. The molecule has 5 heteroatoms. The molecule has 0 spiro atoms. The molecule has 1 rings (SSSR count). The molecule has 100 valence electrons. The molecule has 0 aromatic heterocycles. The highest BCUT2D eigenvalue weighted by Gasteiger charge is 2.01. The Hall–Kier alpha value is -1.59. The van der Waals surface area contributed by atoms with E-state index in [4.69, 9.17) is 15.2 Å². The van der Waals surface area contributed by atoms with Crippen molar-refractivity contribution in [2.45, 2.75) is 13.0 Å². The summed E-state index contributed by atoms with van der Waals surface area (Å²) in [7, 11) is 1.36. The number of carbonyl (C=O) groups excluding carboxylic acids is 1. The van der Waals surface area contributed by atoms with E-state index in [-0.39, 0.29) is 12.4 Å². The van der Waals surface area contributed by atoms with E-state index in [1.807, 2.05) is 24.3 Å². The van der Waals surface area contributed by atoms with E-state index in [0.717, 1.165) is 11.3 Å². The minimum Gasteiger partial charge on any atom is -0.492 e. The summed E-state index contributed by atoms with van der Waals surface area (Å²) in [5.41, 5.74) is 6.36. The second-order valence-corrected chi connectivity index (χ2v) is 3.66. The average Bonchev–Trinajstić information content (AvgIpc) is 2.41. The van der Waals surface area contributed by atoms with E-state index in [2.05, 4.69) is 4.74 Å². The highest BCUT2D eigenvalue weighted by molar-refractivity contribution is 5.69. The monoisotopic (exact) mass is 253 g/mol. The van der Waals surface area contributed by atoms with Gasteiger partial charge >= 0.3 is 5.97 Å². The number of hydrogen-bond donors (Lipinski definition) is 1. The maximum Gasteiger partial charge on any atom is 0.307 e. The molecule has 1 aromatic carbocycles. The van der Waals surface area contributed by atoms with Crippen LogP contribution in [0.15, 0.2) is 24.3 Å². The first-order chi connectivity index (χ1) is 8.76. The van der Waals surface area contributed by atoms with Crippen molar-refractivity contribution in [1.82, 2.24) is 0 Å². The lowest BCUT2D eigenvalue weighted by Gasteiger charge is -2.07. The minimum atomic E-state index is -0.268. The zero-order valence-corrected chi connectivity index (χ0v) is 10.6. The lowest BCUT2D eigenvalue weighted by molar-refractivity contribution is -0.141. The minimum absolute atomic E-state index is 0.264. The zero-order valence-electron chi connectivity index (χ0n) is 10.6. The molecule has 0 aliphatic heterocycles. The van der Waals surface area contributed by atoms with Crippen molar-refractivity contribution in [1.29, 1.82) is 0 Å². The summed E-state index contributed by atoms with van der Waals surface area (Å²) in [5, 5.41) is 0. The summed E-state index contributed by atoms with van der Waals surface area (Å²) in [4.78, 5) is 10.9. The molecule has 0 saturated carbocycles. The standard InChI is InChI=1S/C13H19NO4/c1-16-13(15)5-7-17-10-11-3-2-4-12(9-11)18-8-6-14/h2-4,9H,5-8,10,14H2,1H3. The Morgan fingerprint density at radius 2 is 2.17 bits per heavy atom. The molecule has 18 heavy (non-hydrogen) atoms. The fourth-order valence-electron chi connectivity index (χ4n) is 1.35. The molecule has 1 aromatic rings. The van der Waals surface area contributed by atoms with Gasteiger partial charge in [0, 0.05) is 6.54 Å². The number of methoxy groups -OCH3 is 1. The number of nitrogens with two attached hydrogens (primary N) is 1. The lowest BCUT2D eigenvalue weighted by Crippen LogP contribution is -2.10. The van der Waals surface area contributed by atoms with Gasteiger partial charge in [-0.1, -0.05) is 12.1 Å². The molecule has 0 aliphatic rings. The fraction of sp³-hybridized carbons (Fsp3) is 0.462. The van der Waals surface area contributed by atoms with Crippen LogP contribution in [0, 0.1) is 0 Å². The lowest BCUT2D eigenvalue weighted by atomic mass is 10.2. The van der Waals surface area contributed by atoms with E-state index >= 15 is 0 Å². The van der Waals surface area contributed by atoms with Crippen molar-refractivity contribution >= 4 is 5.97 Å². The van der Waals surface area contributed by atoms with Gasteiger partial charge in [-0.05, 0) is 17.7 Å². The van der Waals surface area contributed by atoms with Gasteiger partial charge < -0.3 is 19.9 Å². The summed E-state index contributed by atoms with van der Waals surface area (Å²) in [6.07, 6.45) is 0.264. The summed E-state index contributed by atoms with van der Waals surface area (Å²) >= 11 is 0. The van der Waals surface area contributed by atoms with Gasteiger partial charge in [-0.15, -0.1) is 0 Å². The number of esters is 1. The maximum absolute atomic E-state index is 10.9. The van der Waals surface area contributed by atoms with E-state index in [9.17, 15) is 4.79 Å². The van der Waals surface area contributed by atoms with Gasteiger partial charge in [0.1, 0.15) is 12.4 Å². The van der Waals surface area contributed by atoms with Crippen LogP contribution >= 0.6 is 0 Å². The van der Waals surface area contributed by atoms with Crippen molar-refractivity contribution in [3.63, 3.8) is 0 Å². The molecule has 5 nitrogen and oxygen atoms in total. The summed E-state index contributed by atoms with van der Waals surface area (Å²) < 4.78 is 15.3. The fourth-order valence-corrected chi connectivity index (χ4v) is 1.35. The van der Waals surface area contributed by atoms with Gasteiger partial charge in [-0.25, -0.2) is 0 Å². The van der Waals surface area contributed by atoms with Crippen LogP contribution in [0.3, 0.4) is 0 Å². The Balaban J connectivity index is 2.31. The van der Waals surface area contributed by atoms with E-state index in [1.54, 1.807) is 0 Å². The molecular formula is C13H19NO4. The number of carbonyl (C=O) groups is 1. The van der Waals surface area contributed by atoms with Crippen LogP contribution in [0.4, 0.5) is 0 Å². The van der Waals surface area contributed by atoms with Crippen LogP contribution < -0.4 is 10.5 Å². The predicted molar refractivity (Wildman–Crippen MR) is 67.3 cm³/mol. The van der Waals surface area contributed by atoms with Crippen molar-refractivity contribution in [3.05, 3.63) is 29.8 Å². The Labute approximate surface area is 107 Å². The molecule has 0 unspecified atom stereocenters. The van der Waals surface area contributed by atoms with Crippen LogP contribution in [0.1, 0.15) is 12.0 Å². The van der Waals surface area contributed by atoms with Gasteiger partial charge in [0.2, 0.25) is 0 Å². The highest BCUT2D eigenvalue weighted by atomic mass is 16.5. The Morgan fingerprint density at radius 3 is 2.89 bits per heavy atom. The smallest absolute Gasteiger partial charge is 0.307 e. The Morgan fingerprint density at radius 1 is 1.33 bits per heavy atom. The van der Waals surface area contributed by atoms with Crippen molar-refractivity contribution in [3.8, 4) is 5.75 Å². The number of benzene rings is 1. The van der Waals surface area contributed by atoms with Gasteiger partial charge in [0.15, 0.2) is 0 Å². The van der Waals surface area contributed by atoms with E-state index in [0.29, 0.717) is 26.4 Å². The third kappa shape index (κ3) is 5.65. The maximum atomic E-state index is 10.9. The molecule has 0 aliphatic carbocycles. The first-order valence-corrected chi connectivity index (χ1v) is 5.82. The molecule has 0 saturated heterocycles. The van der Waals surface area contributed by atoms with Gasteiger partial charge in [-0.3, -0.25) is 4.79 Å². The third-order valence-corrected chi connectivity index (χ3v) is 2.23. The first kappa shape index (κ1) is 14.5. The Kier molecular flexibility index (Phi) is 6.83. The summed E-state index contributed by atoms with van der Waals surface area (Å²) in [6.45, 7) is 1.77. The number of ether oxygens (including phenoxy) is 3. The third-order valence-electron chi connectivity index (χ3n) is 2.23. The van der Waals surface area contributed by atoms with Gasteiger partial charge in [0.05, 0.1) is 26.7 Å². The largest absolute Gasteiger partial charge is 0.492 e. The second-order valence-electron chi connectivity index (χ2n) is 3.66. The average molecular weight is 253 g/mol. The SMILES string of the molecule is COC(=O)CCOCc1cccc(OCCN)c1. The van der Waals surface area contributed by atoms with Crippen LogP contribution in [-0.4, -0.2) is 32.8 Å². The highest BCUT2D eigenvalue weighted by Crippen LogP contribution is 2.13. The van der Waals surface area contributed by atoms with E-state index in [1.165, 1.54) is 7.11 Å². The zero-order chi connectivity index (χ0) is 13.2. The number of hydrogen-bond acceptors (Lipinski definition) is 5. The Bertz CT molecular complexity index is 368. The van der Waals surface area contributed by atoms with Crippen molar-refractivity contribution in [2.24, 2.45) is 5.73 Å². The summed E-state index contributed by atoms with van der Waals surface area (Å²) in [5.74, 6) is 0.504. The van der Waals surface area contributed by atoms with Crippen LogP contribution in [-0.2, 0) is 20.9 Å². The van der Waals surface area contributed by atoms with Crippen molar-refractivity contribution in [2.75, 3.05) is 26.9 Å². The molecule has 0 heterocycles. The normalized spacial score (nSPS) is 10.1. The second kappa shape index (κ2) is 8.49. The van der Waals surface area contributed by atoms with Crippen LogP contribution in [0.25, 0.3) is 0 Å². The molecule has 2 N–H and O–H groups in total. The molecular weight excluding hydrogens is 234 g/mol. The van der Waals surface area contributed by atoms with Crippen LogP contribution in [0.5, 0.6) is 5.75 Å². The van der Waals surface area contributed by atoms with E-state index < -0.39 is 0 Å². The molecule has 0 amide bonds. The molecule has 0 radical (unpaired) electrons. The predicted octanol–water partition coefficient (Wildman–Crippen LogP) is 1.10. The van der Waals surface area contributed by atoms with Crippen LogP contribution in [0.2, 0.25) is 0 Å². The molecule has 0 bridgehead atoms. The summed E-state index contributed by atoms with van der Waals surface area (Å²) in [6, 6.07) is 7.60. The molecule has 0 fully saturated rings. The molecule has 0 atom stereocenters. The number of rotatable bonds is 8.